The van der Waals surface area contributed by atoms with Crippen molar-refractivity contribution in [2.45, 2.75) is 79.3 Å². The highest BCUT2D eigenvalue weighted by Gasteiger charge is 2.40. The van der Waals surface area contributed by atoms with Gasteiger partial charge in [-0.1, -0.05) is 133 Å². The van der Waals surface area contributed by atoms with Gasteiger partial charge in [-0.05, 0) is 80.2 Å². The molecule has 14 nitrogen and oxygen atoms in total. The summed E-state index contributed by atoms with van der Waals surface area (Å²) in [5.74, 6) is 0. The molecule has 0 amide bonds. The Labute approximate surface area is 392 Å². The number of likely N-dealkylation sites (N-methyl/N-ethyl adjacent to an activating group) is 1. The Kier molecular flexibility index (Phi) is 15.8. The van der Waals surface area contributed by atoms with Crippen LogP contribution in [0.3, 0.4) is 0 Å². The zero-order chi connectivity index (χ0) is 47.9. The molecule has 4 heterocycles. The van der Waals surface area contributed by atoms with Gasteiger partial charge in [-0.15, -0.1) is 0 Å². The van der Waals surface area contributed by atoms with Crippen LogP contribution in [-0.2, 0) is 54.9 Å². The second-order valence-electron chi connectivity index (χ2n) is 17.0. The van der Waals surface area contributed by atoms with Crippen LogP contribution in [0.5, 0.6) is 0 Å². The predicted molar refractivity (Wildman–Crippen MR) is 259 cm³/mol. The molecule has 2 unspecified atom stereocenters. The first-order valence-electron chi connectivity index (χ1n) is 21.8. The highest BCUT2D eigenvalue weighted by molar-refractivity contribution is 7.86. The van der Waals surface area contributed by atoms with Crippen LogP contribution in [0.1, 0.15) is 59.7 Å². The summed E-state index contributed by atoms with van der Waals surface area (Å²) >= 11 is 0. The number of ether oxygens (including phenoxy) is 1. The van der Waals surface area contributed by atoms with Crippen molar-refractivity contribution in [1.82, 2.24) is 14.4 Å². The van der Waals surface area contributed by atoms with Crippen LogP contribution >= 0.6 is 0 Å². The van der Waals surface area contributed by atoms with E-state index in [0.717, 1.165) is 38.2 Å². The highest BCUT2D eigenvalue weighted by Crippen LogP contribution is 2.39. The van der Waals surface area contributed by atoms with Crippen molar-refractivity contribution < 1.29 is 48.2 Å². The lowest BCUT2D eigenvalue weighted by Gasteiger charge is -2.38. The highest BCUT2D eigenvalue weighted by atomic mass is 32.3. The van der Waals surface area contributed by atoms with Gasteiger partial charge in [0.25, 0.3) is 20.2 Å². The standard InChI is InChI=1S/C21H25NO.C19H20N2.C10H8O6S2.H2O4S/c1-22-18-12-13-19(22)15-20(14-18)23-21(16-8-4-2-5-9-16)17-10-6-3-7-11-17;1-20-12-11-19-17(14-20)16-9-5-6-10-18(16)21(19)13-15-7-3-2-4-8-15;11-17(12,13)9-5-1-3-7-8(9)4-2-6-10(7)18(14,15)16;1-5(2,3)4/h2-11,18-21H,12-15H2,1H3;2-10H,11-14H2,1H3;1-6H,(H,11,12,13)(H,14,15,16);(H2,1,2,3,4). The maximum absolute atomic E-state index is 11.2. The number of para-hydroxylation sites is 1. The molecule has 2 bridgehead atoms. The molecule has 354 valence electrons. The average Bonchev–Trinajstić information content (AvgIpc) is 3.69. The summed E-state index contributed by atoms with van der Waals surface area (Å²) in [5.41, 5.74) is 8.31. The normalized spacial score (nSPS) is 18.5. The number of benzene rings is 6. The molecule has 1 aromatic heterocycles. The molecule has 6 aromatic carbocycles. The SMILES string of the molecule is CN1C2CCC1CC(OC(c1ccccc1)c1ccccc1)C2.CN1CCc2c(c3ccccc3n2Cc2ccccc2)C1.O=S(=O)(O)O.O=S(=O)(O)c1cccc2c(S(=O)(=O)O)cccc12. The molecule has 0 radical (unpaired) electrons. The Morgan fingerprint density at radius 3 is 1.52 bits per heavy atom. The van der Waals surface area contributed by atoms with Gasteiger partial charge < -0.3 is 19.1 Å². The zero-order valence-corrected chi connectivity index (χ0v) is 39.6. The number of nitrogens with zero attached hydrogens (tertiary/aromatic N) is 3. The van der Waals surface area contributed by atoms with E-state index in [-0.39, 0.29) is 16.9 Å². The molecule has 10 rings (SSSR count). The maximum atomic E-state index is 11.2. The molecule has 2 fully saturated rings. The van der Waals surface area contributed by atoms with Crippen molar-refractivity contribution in [1.29, 1.82) is 0 Å². The van der Waals surface area contributed by atoms with Crippen molar-refractivity contribution >= 4 is 52.3 Å². The second-order valence-corrected chi connectivity index (χ2v) is 20.7. The molecule has 4 N–H and O–H groups in total. The van der Waals surface area contributed by atoms with Crippen molar-refractivity contribution in [3.63, 3.8) is 0 Å². The van der Waals surface area contributed by atoms with Crippen LogP contribution < -0.4 is 0 Å². The molecule has 0 spiro atoms. The Bertz CT molecular complexity index is 2990. The van der Waals surface area contributed by atoms with Gasteiger partial charge in [0.1, 0.15) is 15.9 Å². The van der Waals surface area contributed by atoms with Crippen LogP contribution in [0, 0.1) is 0 Å². The molecule has 0 saturated carbocycles. The van der Waals surface area contributed by atoms with Crippen LogP contribution in [0.4, 0.5) is 0 Å². The fourth-order valence-electron chi connectivity index (χ4n) is 9.46. The van der Waals surface area contributed by atoms with Gasteiger partial charge >= 0.3 is 10.4 Å². The van der Waals surface area contributed by atoms with E-state index in [2.05, 4.69) is 144 Å². The molecule has 3 aliphatic rings. The lowest BCUT2D eigenvalue weighted by atomic mass is 9.97. The van der Waals surface area contributed by atoms with Gasteiger partial charge in [-0.3, -0.25) is 18.2 Å². The Morgan fingerprint density at radius 1 is 0.582 bits per heavy atom. The summed E-state index contributed by atoms with van der Waals surface area (Å²) in [7, 11) is -9.11. The molecule has 67 heavy (non-hydrogen) atoms. The van der Waals surface area contributed by atoms with Gasteiger partial charge in [0, 0.05) is 65.5 Å². The largest absolute Gasteiger partial charge is 0.394 e. The lowest BCUT2D eigenvalue weighted by Crippen LogP contribution is -2.43. The first kappa shape index (κ1) is 49.6. The quantitative estimate of drug-likeness (QED) is 0.105. The van der Waals surface area contributed by atoms with Gasteiger partial charge in [-0.25, -0.2) is 0 Å². The minimum absolute atomic E-state index is 0.0233. The van der Waals surface area contributed by atoms with Gasteiger partial charge in [-0.2, -0.15) is 25.3 Å². The molecular formula is C50H55N3O11S3. The summed E-state index contributed by atoms with van der Waals surface area (Å²) in [6, 6.07) is 49.9. The van der Waals surface area contributed by atoms with E-state index in [9.17, 15) is 16.8 Å². The van der Waals surface area contributed by atoms with Crippen molar-refractivity contribution in [2.24, 2.45) is 0 Å². The molecule has 2 saturated heterocycles. The van der Waals surface area contributed by atoms with E-state index in [1.54, 1.807) is 0 Å². The topological polar surface area (TPSA) is 204 Å². The Morgan fingerprint density at radius 2 is 1.03 bits per heavy atom. The number of fused-ring (bicyclic) bond motifs is 6. The first-order valence-corrected chi connectivity index (χ1v) is 26.1. The van der Waals surface area contributed by atoms with Crippen LogP contribution in [-0.4, -0.2) is 96.7 Å². The molecule has 0 aliphatic carbocycles. The van der Waals surface area contributed by atoms with Gasteiger partial charge in [0.15, 0.2) is 0 Å². The van der Waals surface area contributed by atoms with E-state index in [4.69, 9.17) is 31.4 Å². The summed E-state index contributed by atoms with van der Waals surface area (Å²) in [6.07, 6.45) is 6.57. The average molecular weight is 970 g/mol. The number of hydrogen-bond donors (Lipinski definition) is 4. The van der Waals surface area contributed by atoms with Crippen LogP contribution in [0.25, 0.3) is 21.7 Å². The fourth-order valence-corrected chi connectivity index (χ4v) is 10.9. The molecule has 17 heteroatoms. The minimum atomic E-state index is -4.67. The second kappa shape index (κ2) is 21.3. The predicted octanol–water partition coefficient (Wildman–Crippen LogP) is 8.78. The molecule has 3 aliphatic heterocycles. The van der Waals surface area contributed by atoms with Gasteiger partial charge in [0.2, 0.25) is 0 Å². The van der Waals surface area contributed by atoms with E-state index in [0.29, 0.717) is 18.2 Å². The summed E-state index contributed by atoms with van der Waals surface area (Å²) in [5, 5.41) is 1.47. The van der Waals surface area contributed by atoms with Crippen molar-refractivity contribution in [3.05, 3.63) is 180 Å². The number of hydrogen-bond acceptors (Lipinski definition) is 9. The van der Waals surface area contributed by atoms with Gasteiger partial charge in [0.05, 0.1) is 6.10 Å². The van der Waals surface area contributed by atoms with E-state index in [1.807, 2.05) is 0 Å². The summed E-state index contributed by atoms with van der Waals surface area (Å²) < 4.78 is 103. The number of rotatable bonds is 8. The smallest absolute Gasteiger partial charge is 0.365 e. The summed E-state index contributed by atoms with van der Waals surface area (Å²) in [4.78, 5) is 4.16. The van der Waals surface area contributed by atoms with Crippen LogP contribution in [0.2, 0.25) is 0 Å². The van der Waals surface area contributed by atoms with E-state index in [1.165, 1.54) is 88.8 Å². The Hall–Kier alpha value is -5.31. The minimum Gasteiger partial charge on any atom is -0.365 e. The third-order valence-corrected chi connectivity index (χ3v) is 14.3. The monoisotopic (exact) mass is 969 g/mol. The zero-order valence-electron chi connectivity index (χ0n) is 37.1. The fraction of sp³-hybridized carbons (Fsp3) is 0.280. The van der Waals surface area contributed by atoms with Crippen molar-refractivity contribution in [3.8, 4) is 0 Å². The van der Waals surface area contributed by atoms with Crippen molar-refractivity contribution in [2.75, 3.05) is 20.6 Å². The Balaban J connectivity index is 0.000000143. The lowest BCUT2D eigenvalue weighted by molar-refractivity contribution is -0.0426. The van der Waals surface area contributed by atoms with E-state index >= 15 is 0 Å². The molecule has 7 aromatic rings. The first-order chi connectivity index (χ1) is 31.8. The van der Waals surface area contributed by atoms with Crippen LogP contribution in [0.15, 0.2) is 161 Å². The number of aromatic nitrogens is 1. The summed E-state index contributed by atoms with van der Waals surface area (Å²) in [6.45, 7) is 3.19. The maximum Gasteiger partial charge on any atom is 0.394 e. The van der Waals surface area contributed by atoms with E-state index < -0.39 is 40.4 Å². The number of piperidine rings is 1. The molecule has 2 atom stereocenters. The molecular weight excluding hydrogens is 915 g/mol. The third kappa shape index (κ3) is 12.8. The third-order valence-electron chi connectivity index (χ3n) is 12.5.